The van der Waals surface area contributed by atoms with Crippen LogP contribution in [0.1, 0.15) is 72.1 Å². The summed E-state index contributed by atoms with van der Waals surface area (Å²) in [4.78, 5) is 0. The summed E-state index contributed by atoms with van der Waals surface area (Å²) in [7, 11) is 9.64. The Bertz CT molecular complexity index is 830. The first-order valence-corrected chi connectivity index (χ1v) is 16.0. The van der Waals surface area contributed by atoms with Crippen molar-refractivity contribution in [1.29, 1.82) is 5.26 Å². The predicted molar refractivity (Wildman–Crippen MR) is 136 cm³/mol. The van der Waals surface area contributed by atoms with E-state index in [0.29, 0.717) is 25.5 Å². The van der Waals surface area contributed by atoms with Gasteiger partial charge in [0.1, 0.15) is 5.40 Å². The summed E-state index contributed by atoms with van der Waals surface area (Å²) in [5.41, 5.74) is -7.07. The summed E-state index contributed by atoms with van der Waals surface area (Å²) >= 11 is 0.855. The third kappa shape index (κ3) is 21.6. The lowest BCUT2D eigenvalue weighted by atomic mass is 9.88. The average Bonchev–Trinajstić information content (AvgIpc) is 2.74. The van der Waals surface area contributed by atoms with Gasteiger partial charge in [0.2, 0.25) is 20.4 Å². The van der Waals surface area contributed by atoms with Crippen LogP contribution in [-0.4, -0.2) is 49.8 Å². The molecule has 0 aromatic heterocycles. The smallest absolute Gasteiger partial charge is 0.234 e. The van der Waals surface area contributed by atoms with Crippen LogP contribution in [0.3, 0.4) is 0 Å². The van der Waals surface area contributed by atoms with Gasteiger partial charge < -0.3 is 0 Å². The lowest BCUT2D eigenvalue weighted by Crippen LogP contribution is -2.42. The number of nitriles is 1. The molecule has 0 rings (SSSR count). The topological polar surface area (TPSA) is 57.9 Å². The zero-order valence-corrected chi connectivity index (χ0v) is 25.5. The minimum atomic E-state index is -5.33. The van der Waals surface area contributed by atoms with Gasteiger partial charge in [-0.15, -0.1) is 0 Å². The molecule has 0 aromatic rings. The van der Waals surface area contributed by atoms with Crippen LogP contribution in [-0.2, 0) is 9.05 Å². The fraction of sp³-hybridized carbons (Fsp3) is 0.952. The molecule has 4 unspecified atom stereocenters. The van der Waals surface area contributed by atoms with Crippen molar-refractivity contribution >= 4 is 53.2 Å². The van der Waals surface area contributed by atoms with Crippen molar-refractivity contribution < 1.29 is 56.7 Å². The van der Waals surface area contributed by atoms with Gasteiger partial charge in [-0.25, -0.2) is 17.2 Å². The first kappa shape index (κ1) is 44.3. The Morgan fingerprint density at radius 3 is 1.57 bits per heavy atom. The Morgan fingerprint density at radius 2 is 1.20 bits per heavy atom. The molecule has 242 valence electrons. The quantitative estimate of drug-likeness (QED) is 0.0780. The van der Waals surface area contributed by atoms with Crippen molar-refractivity contribution in [2.75, 3.05) is 11.5 Å². The maximum Gasteiger partial charge on any atom is 0.422 e. The van der Waals surface area contributed by atoms with E-state index in [2.05, 4.69) is 21.7 Å². The summed E-state index contributed by atoms with van der Waals surface area (Å²) in [5.74, 6) is -2.73. The fourth-order valence-corrected chi connectivity index (χ4v) is 4.53. The monoisotopic (exact) mass is 707 g/mol. The van der Waals surface area contributed by atoms with E-state index in [0.717, 1.165) is 11.8 Å². The SMILES string of the molecule is CC(CCCCS(=O)(=O)Cl)CC(C)(F)C(F)(F)F.CC(F)(CC(CCCCSC#N)C(F)(F)F)C(F)(F)F.ClCl. The highest BCUT2D eigenvalue weighted by Gasteiger charge is 2.56. The number of thiocyanates is 1. The summed E-state index contributed by atoms with van der Waals surface area (Å²) in [5, 5.41) is 9.93. The highest BCUT2D eigenvalue weighted by molar-refractivity contribution is 8.13. The molecule has 19 heteroatoms. The van der Waals surface area contributed by atoms with Crippen LogP contribution < -0.4 is 0 Å². The van der Waals surface area contributed by atoms with Crippen LogP contribution >= 0.6 is 44.2 Å². The largest absolute Gasteiger partial charge is 0.422 e. The molecular weight excluding hydrogens is 678 g/mol. The molecule has 0 spiro atoms. The van der Waals surface area contributed by atoms with Gasteiger partial charge in [-0.1, -0.05) is 26.2 Å². The van der Waals surface area contributed by atoms with E-state index in [1.165, 1.54) is 6.92 Å². The van der Waals surface area contributed by atoms with Crippen LogP contribution in [0, 0.1) is 22.5 Å². The number of halogens is 14. The molecular formula is C21H31Cl3F11NO2S2. The number of alkyl halides is 11. The van der Waals surface area contributed by atoms with Crippen LogP contribution in [0.2, 0.25) is 0 Å². The molecule has 0 heterocycles. The number of hydrogen-bond acceptors (Lipinski definition) is 4. The molecule has 0 saturated carbocycles. The second kappa shape index (κ2) is 19.2. The van der Waals surface area contributed by atoms with Gasteiger partial charge >= 0.3 is 18.5 Å². The van der Waals surface area contributed by atoms with E-state index >= 15 is 0 Å². The van der Waals surface area contributed by atoms with Crippen LogP contribution in [0.25, 0.3) is 0 Å². The number of hydrogen-bond donors (Lipinski definition) is 0. The van der Waals surface area contributed by atoms with Gasteiger partial charge in [-0.2, -0.15) is 44.8 Å². The van der Waals surface area contributed by atoms with Crippen LogP contribution in [0.15, 0.2) is 0 Å². The molecule has 4 atom stereocenters. The summed E-state index contributed by atoms with van der Waals surface area (Å²) in [6.07, 6.45) is -16.6. The first-order chi connectivity index (χ1) is 17.8. The van der Waals surface area contributed by atoms with Gasteiger partial charge in [0.05, 0.1) is 11.7 Å². The van der Waals surface area contributed by atoms with Crippen molar-refractivity contribution in [1.82, 2.24) is 0 Å². The first-order valence-electron chi connectivity index (χ1n) is 11.4. The molecule has 3 nitrogen and oxygen atoms in total. The predicted octanol–water partition coefficient (Wildman–Crippen LogP) is 10.7. The maximum absolute atomic E-state index is 13.3. The number of unbranched alkanes of at least 4 members (excludes halogenated alkanes) is 2. The molecule has 40 heavy (non-hydrogen) atoms. The Balaban J connectivity index is -0.000000647. The van der Waals surface area contributed by atoms with Gasteiger partial charge in [-0.3, -0.25) is 0 Å². The van der Waals surface area contributed by atoms with E-state index in [4.69, 9.17) is 15.9 Å². The third-order valence-electron chi connectivity index (χ3n) is 5.46. The van der Waals surface area contributed by atoms with Crippen molar-refractivity contribution in [3.63, 3.8) is 0 Å². The third-order valence-corrected chi connectivity index (χ3v) is 7.32. The number of rotatable bonds is 14. The minimum absolute atomic E-state index is 0.00715. The van der Waals surface area contributed by atoms with E-state index < -0.39 is 70.0 Å². The van der Waals surface area contributed by atoms with E-state index in [1.54, 1.807) is 5.40 Å². The zero-order chi connectivity index (χ0) is 32.6. The lowest BCUT2D eigenvalue weighted by molar-refractivity contribution is -0.248. The molecule has 0 radical (unpaired) electrons. The Morgan fingerprint density at radius 1 is 0.775 bits per heavy atom. The maximum atomic E-state index is 13.3. The summed E-state index contributed by atoms with van der Waals surface area (Å²) in [6.45, 7) is 2.16. The molecule has 0 fully saturated rings. The Hall–Kier alpha value is -0.110. The van der Waals surface area contributed by atoms with Crippen LogP contribution in [0.4, 0.5) is 48.3 Å². The molecule has 0 aliphatic carbocycles. The van der Waals surface area contributed by atoms with E-state index in [1.807, 2.05) is 0 Å². The summed E-state index contributed by atoms with van der Waals surface area (Å²) < 4.78 is 159. The lowest BCUT2D eigenvalue weighted by Gasteiger charge is -2.29. The van der Waals surface area contributed by atoms with Crippen molar-refractivity contribution in [2.24, 2.45) is 11.8 Å². The van der Waals surface area contributed by atoms with Crippen LogP contribution in [0.5, 0.6) is 0 Å². The van der Waals surface area contributed by atoms with Crippen molar-refractivity contribution in [2.45, 2.75) is 102 Å². The number of thioether (sulfide) groups is 1. The minimum Gasteiger partial charge on any atom is -0.234 e. The molecule has 0 saturated heterocycles. The Labute approximate surface area is 245 Å². The normalized spacial score (nSPS) is 17.1. The second-order valence-corrected chi connectivity index (χ2v) is 13.1. The zero-order valence-electron chi connectivity index (χ0n) is 21.6. The van der Waals surface area contributed by atoms with E-state index in [-0.39, 0.29) is 31.9 Å². The standard InChI is InChI=1S/C11H14F7NS.C10H17ClF4O2S.Cl2/c1-9(12,11(16,17)18)6-8(10(13,14)15)4-2-3-5-20-7-19;1-8(5-3-4-6-18(11,16)17)7-9(2,12)10(13,14)15;1-2/h8H,2-6H2,1H3;8H,3-7H2,1-2H3;. The highest BCUT2D eigenvalue weighted by Crippen LogP contribution is 2.44. The van der Waals surface area contributed by atoms with E-state index in [9.17, 15) is 56.7 Å². The average molecular weight is 709 g/mol. The van der Waals surface area contributed by atoms with Gasteiger partial charge in [0.25, 0.3) is 0 Å². The molecule has 0 N–H and O–H groups in total. The number of nitrogens with zero attached hydrogens (tertiary/aromatic N) is 1. The molecule has 0 aliphatic rings. The Kier molecular flexibility index (Phi) is 21.3. The van der Waals surface area contributed by atoms with Crippen molar-refractivity contribution in [3.8, 4) is 5.40 Å². The van der Waals surface area contributed by atoms with Gasteiger partial charge in [-0.05, 0) is 57.2 Å². The molecule has 0 amide bonds. The van der Waals surface area contributed by atoms with Gasteiger partial charge in [0.15, 0.2) is 0 Å². The molecule has 0 bridgehead atoms. The molecule has 0 aromatic carbocycles. The van der Waals surface area contributed by atoms with Crippen molar-refractivity contribution in [3.05, 3.63) is 0 Å². The fourth-order valence-electron chi connectivity index (χ4n) is 3.21. The van der Waals surface area contributed by atoms with Gasteiger partial charge in [0, 0.05) is 44.6 Å². The highest BCUT2D eigenvalue weighted by atomic mass is 36.5. The second-order valence-electron chi connectivity index (χ2n) is 9.32. The molecule has 0 aliphatic heterocycles. The summed E-state index contributed by atoms with van der Waals surface area (Å²) in [6, 6.07) is 0.